The molecular formula is C22H29N3O4S. The number of piperidine rings is 2. The van der Waals surface area contributed by atoms with Gasteiger partial charge in [-0.05, 0) is 57.9 Å². The van der Waals surface area contributed by atoms with Crippen LogP contribution in [-0.2, 0) is 4.74 Å². The maximum absolute atomic E-state index is 13.1. The van der Waals surface area contributed by atoms with E-state index in [0.717, 1.165) is 49.3 Å². The SMILES string of the molecule is CC(C)(C)OC(=O)N1CCC2(CCCN(C(=O)c3cnc(-c4ccoc4)s3)C2)CC1. The van der Waals surface area contributed by atoms with Crippen LogP contribution in [0.2, 0.25) is 0 Å². The Kier molecular flexibility index (Phi) is 5.61. The fourth-order valence-electron chi connectivity index (χ4n) is 4.33. The van der Waals surface area contributed by atoms with Crippen LogP contribution in [0, 0.1) is 5.41 Å². The first kappa shape index (κ1) is 20.9. The Labute approximate surface area is 181 Å². The van der Waals surface area contributed by atoms with E-state index >= 15 is 0 Å². The van der Waals surface area contributed by atoms with Crippen LogP contribution >= 0.6 is 11.3 Å². The Hall–Kier alpha value is -2.35. The molecule has 30 heavy (non-hydrogen) atoms. The van der Waals surface area contributed by atoms with E-state index < -0.39 is 5.60 Å². The van der Waals surface area contributed by atoms with Crippen LogP contribution in [0.25, 0.3) is 10.6 Å². The van der Waals surface area contributed by atoms with E-state index in [-0.39, 0.29) is 17.4 Å². The third-order valence-electron chi connectivity index (χ3n) is 5.91. The molecule has 0 radical (unpaired) electrons. The standard InChI is InChI=1S/C22H29N3O4S/c1-21(2,3)29-20(27)24-10-7-22(8-11-24)6-4-9-25(15-22)19(26)17-13-23-18(30-17)16-5-12-28-14-16/h5,12-14H,4,6-11,15H2,1-3H3. The van der Waals surface area contributed by atoms with E-state index in [0.29, 0.717) is 18.0 Å². The lowest BCUT2D eigenvalue weighted by molar-refractivity contribution is -0.00490. The highest BCUT2D eigenvalue weighted by atomic mass is 32.1. The second kappa shape index (κ2) is 8.06. The smallest absolute Gasteiger partial charge is 0.410 e. The number of carbonyl (C=O) groups is 2. The molecule has 0 aliphatic carbocycles. The first-order valence-electron chi connectivity index (χ1n) is 10.5. The number of hydrogen-bond acceptors (Lipinski definition) is 6. The summed E-state index contributed by atoms with van der Waals surface area (Å²) in [5, 5.41) is 0.796. The van der Waals surface area contributed by atoms with E-state index in [4.69, 9.17) is 9.15 Å². The second-order valence-corrected chi connectivity index (χ2v) is 10.4. The van der Waals surface area contributed by atoms with Gasteiger partial charge in [-0.2, -0.15) is 0 Å². The molecule has 2 aromatic heterocycles. The van der Waals surface area contributed by atoms with Crippen LogP contribution in [0.1, 0.15) is 56.1 Å². The van der Waals surface area contributed by atoms with Crippen molar-refractivity contribution in [2.24, 2.45) is 5.41 Å². The molecular weight excluding hydrogens is 402 g/mol. The Morgan fingerprint density at radius 2 is 1.93 bits per heavy atom. The molecule has 0 saturated carbocycles. The normalized spacial score (nSPS) is 19.2. The fraction of sp³-hybridized carbons (Fsp3) is 0.591. The van der Waals surface area contributed by atoms with Gasteiger partial charge in [0.1, 0.15) is 21.7 Å². The van der Waals surface area contributed by atoms with Crippen molar-refractivity contribution < 1.29 is 18.7 Å². The van der Waals surface area contributed by atoms with Crippen LogP contribution in [0.4, 0.5) is 4.79 Å². The summed E-state index contributed by atoms with van der Waals surface area (Å²) >= 11 is 1.41. The van der Waals surface area contributed by atoms with Crippen LogP contribution in [0.15, 0.2) is 29.2 Å². The van der Waals surface area contributed by atoms with Crippen molar-refractivity contribution in [1.29, 1.82) is 0 Å². The zero-order chi connectivity index (χ0) is 21.4. The van der Waals surface area contributed by atoms with Gasteiger partial charge in [0.05, 0.1) is 12.5 Å². The minimum absolute atomic E-state index is 0.0518. The van der Waals surface area contributed by atoms with Gasteiger partial charge in [0.2, 0.25) is 0 Å². The highest BCUT2D eigenvalue weighted by Crippen LogP contribution is 2.41. The largest absolute Gasteiger partial charge is 0.472 e. The minimum atomic E-state index is -0.482. The zero-order valence-electron chi connectivity index (χ0n) is 17.8. The third-order valence-corrected chi connectivity index (χ3v) is 6.94. The van der Waals surface area contributed by atoms with Gasteiger partial charge < -0.3 is 19.0 Å². The number of ether oxygens (including phenoxy) is 1. The summed E-state index contributed by atoms with van der Waals surface area (Å²) in [5.41, 5.74) is 0.498. The zero-order valence-corrected chi connectivity index (χ0v) is 18.7. The van der Waals surface area contributed by atoms with Gasteiger partial charge in [-0.25, -0.2) is 9.78 Å². The molecule has 2 aliphatic rings. The number of likely N-dealkylation sites (tertiary alicyclic amines) is 2. The summed E-state index contributed by atoms with van der Waals surface area (Å²) < 4.78 is 10.6. The van der Waals surface area contributed by atoms with Crippen molar-refractivity contribution >= 4 is 23.3 Å². The molecule has 2 amide bonds. The van der Waals surface area contributed by atoms with Gasteiger partial charge in [-0.15, -0.1) is 11.3 Å². The monoisotopic (exact) mass is 431 g/mol. The van der Waals surface area contributed by atoms with Gasteiger partial charge in [-0.1, -0.05) is 0 Å². The Morgan fingerprint density at radius 3 is 2.60 bits per heavy atom. The van der Waals surface area contributed by atoms with E-state index in [1.807, 2.05) is 31.7 Å². The highest BCUT2D eigenvalue weighted by molar-refractivity contribution is 7.16. The van der Waals surface area contributed by atoms with E-state index in [9.17, 15) is 9.59 Å². The molecule has 4 rings (SSSR count). The lowest BCUT2D eigenvalue weighted by atomic mass is 9.72. The number of furan rings is 1. The van der Waals surface area contributed by atoms with Gasteiger partial charge in [0.25, 0.3) is 5.91 Å². The molecule has 0 bridgehead atoms. The fourth-order valence-corrected chi connectivity index (χ4v) is 5.20. The summed E-state index contributed by atoms with van der Waals surface area (Å²) in [4.78, 5) is 34.3. The molecule has 0 atom stereocenters. The summed E-state index contributed by atoms with van der Waals surface area (Å²) in [5.74, 6) is 0.0518. The van der Waals surface area contributed by atoms with Crippen molar-refractivity contribution in [1.82, 2.24) is 14.8 Å². The topological polar surface area (TPSA) is 75.9 Å². The molecule has 0 unspecified atom stereocenters. The lowest BCUT2D eigenvalue weighted by Gasteiger charge is -2.47. The number of thiazole rings is 1. The van der Waals surface area contributed by atoms with Crippen molar-refractivity contribution in [3.63, 3.8) is 0 Å². The van der Waals surface area contributed by atoms with Gasteiger partial charge in [0, 0.05) is 31.7 Å². The van der Waals surface area contributed by atoms with E-state index in [1.54, 1.807) is 23.6 Å². The molecule has 7 nitrogen and oxygen atoms in total. The average Bonchev–Trinajstić information content (AvgIpc) is 3.38. The second-order valence-electron chi connectivity index (χ2n) is 9.34. The number of nitrogens with zero attached hydrogens (tertiary/aromatic N) is 3. The van der Waals surface area contributed by atoms with E-state index in [2.05, 4.69) is 4.98 Å². The lowest BCUT2D eigenvalue weighted by Crippen LogP contribution is -2.52. The van der Waals surface area contributed by atoms with Gasteiger partial charge in [0.15, 0.2) is 0 Å². The molecule has 2 aromatic rings. The summed E-state index contributed by atoms with van der Waals surface area (Å²) in [6.45, 7) is 8.54. The van der Waals surface area contributed by atoms with Crippen LogP contribution < -0.4 is 0 Å². The number of rotatable bonds is 2. The molecule has 0 aromatic carbocycles. The predicted molar refractivity (Wildman–Crippen MR) is 114 cm³/mol. The highest BCUT2D eigenvalue weighted by Gasteiger charge is 2.41. The maximum atomic E-state index is 13.1. The molecule has 2 fully saturated rings. The summed E-state index contributed by atoms with van der Waals surface area (Å²) in [6, 6.07) is 1.85. The van der Waals surface area contributed by atoms with Crippen LogP contribution in [-0.4, -0.2) is 58.6 Å². The summed E-state index contributed by atoms with van der Waals surface area (Å²) in [7, 11) is 0. The Bertz CT molecular complexity index is 892. The molecule has 162 valence electrons. The minimum Gasteiger partial charge on any atom is -0.472 e. The first-order chi connectivity index (χ1) is 14.2. The number of hydrogen-bond donors (Lipinski definition) is 0. The van der Waals surface area contributed by atoms with Crippen LogP contribution in [0.5, 0.6) is 0 Å². The number of amides is 2. The molecule has 2 saturated heterocycles. The maximum Gasteiger partial charge on any atom is 0.410 e. The van der Waals surface area contributed by atoms with Crippen LogP contribution in [0.3, 0.4) is 0 Å². The van der Waals surface area contributed by atoms with E-state index in [1.165, 1.54) is 11.3 Å². The molecule has 4 heterocycles. The van der Waals surface area contributed by atoms with Crippen molar-refractivity contribution in [2.75, 3.05) is 26.2 Å². The molecule has 8 heteroatoms. The van der Waals surface area contributed by atoms with Crippen molar-refractivity contribution in [3.05, 3.63) is 29.7 Å². The molecule has 1 spiro atoms. The van der Waals surface area contributed by atoms with Gasteiger partial charge in [-0.3, -0.25) is 4.79 Å². The number of carbonyl (C=O) groups excluding carboxylic acids is 2. The Balaban J connectivity index is 1.38. The quantitative estimate of drug-likeness (QED) is 0.691. The molecule has 2 aliphatic heterocycles. The van der Waals surface area contributed by atoms with Crippen molar-refractivity contribution in [3.8, 4) is 10.6 Å². The first-order valence-corrected chi connectivity index (χ1v) is 11.3. The summed E-state index contributed by atoms with van der Waals surface area (Å²) in [6.07, 6.45) is 8.57. The predicted octanol–water partition coefficient (Wildman–Crippen LogP) is 4.66. The third kappa shape index (κ3) is 4.53. The Morgan fingerprint density at radius 1 is 1.17 bits per heavy atom. The molecule has 0 N–H and O–H groups in total. The van der Waals surface area contributed by atoms with Gasteiger partial charge >= 0.3 is 6.09 Å². The number of aromatic nitrogens is 1. The average molecular weight is 432 g/mol. The van der Waals surface area contributed by atoms with Crippen molar-refractivity contribution in [2.45, 2.75) is 52.1 Å².